The van der Waals surface area contributed by atoms with Crippen LogP contribution in [0, 0.1) is 13.8 Å². The quantitative estimate of drug-likeness (QED) is 0.657. The SMILES string of the molecule is Cc1csc(-c2ccc(C)c(Cl)c2)c1. The van der Waals surface area contributed by atoms with E-state index in [2.05, 4.69) is 30.5 Å². The molecule has 0 amide bonds. The molecule has 0 aliphatic carbocycles. The normalized spacial score (nSPS) is 10.5. The highest BCUT2D eigenvalue weighted by Crippen LogP contribution is 2.29. The van der Waals surface area contributed by atoms with Crippen LogP contribution in [0.25, 0.3) is 10.4 Å². The number of aryl methyl sites for hydroxylation is 2. The largest absolute Gasteiger partial charge is 0.144 e. The van der Waals surface area contributed by atoms with Crippen LogP contribution in [-0.2, 0) is 0 Å². The maximum atomic E-state index is 6.08. The van der Waals surface area contributed by atoms with Gasteiger partial charge in [0.1, 0.15) is 0 Å². The molecule has 0 fully saturated rings. The molecule has 1 heterocycles. The zero-order valence-electron chi connectivity index (χ0n) is 8.17. The van der Waals surface area contributed by atoms with Crippen LogP contribution in [0.1, 0.15) is 11.1 Å². The lowest BCUT2D eigenvalue weighted by molar-refractivity contribution is 1.47. The highest BCUT2D eigenvalue weighted by atomic mass is 35.5. The molecule has 0 nitrogen and oxygen atoms in total. The summed E-state index contributed by atoms with van der Waals surface area (Å²) in [7, 11) is 0. The first-order valence-corrected chi connectivity index (χ1v) is 5.74. The minimum Gasteiger partial charge on any atom is -0.144 e. The predicted molar refractivity (Wildman–Crippen MR) is 64.2 cm³/mol. The van der Waals surface area contributed by atoms with E-state index in [1.807, 2.05) is 13.0 Å². The van der Waals surface area contributed by atoms with E-state index in [9.17, 15) is 0 Å². The molecule has 0 atom stereocenters. The van der Waals surface area contributed by atoms with E-state index in [1.54, 1.807) is 11.3 Å². The van der Waals surface area contributed by atoms with Crippen LogP contribution >= 0.6 is 22.9 Å². The van der Waals surface area contributed by atoms with E-state index >= 15 is 0 Å². The van der Waals surface area contributed by atoms with E-state index < -0.39 is 0 Å². The summed E-state index contributed by atoms with van der Waals surface area (Å²) >= 11 is 7.83. The van der Waals surface area contributed by atoms with Crippen LogP contribution in [0.5, 0.6) is 0 Å². The highest BCUT2D eigenvalue weighted by molar-refractivity contribution is 7.13. The molecule has 0 aliphatic heterocycles. The third kappa shape index (κ3) is 1.84. The van der Waals surface area contributed by atoms with Crippen LogP contribution in [0.15, 0.2) is 29.6 Å². The van der Waals surface area contributed by atoms with Gasteiger partial charge in [-0.15, -0.1) is 11.3 Å². The van der Waals surface area contributed by atoms with Gasteiger partial charge in [-0.2, -0.15) is 0 Å². The number of rotatable bonds is 1. The van der Waals surface area contributed by atoms with Gasteiger partial charge in [0.25, 0.3) is 0 Å². The van der Waals surface area contributed by atoms with Crippen molar-refractivity contribution >= 4 is 22.9 Å². The number of hydrogen-bond acceptors (Lipinski definition) is 1. The molecule has 1 aromatic heterocycles. The summed E-state index contributed by atoms with van der Waals surface area (Å²) in [6.45, 7) is 4.13. The molecular formula is C12H11ClS. The lowest BCUT2D eigenvalue weighted by Gasteiger charge is -2.00. The van der Waals surface area contributed by atoms with Crippen LogP contribution in [0.2, 0.25) is 5.02 Å². The first-order chi connectivity index (χ1) is 6.66. The second-order valence-electron chi connectivity index (χ2n) is 3.45. The van der Waals surface area contributed by atoms with Crippen LogP contribution in [-0.4, -0.2) is 0 Å². The molecule has 0 bridgehead atoms. The van der Waals surface area contributed by atoms with Gasteiger partial charge in [-0.25, -0.2) is 0 Å². The Kier molecular flexibility index (Phi) is 2.62. The molecule has 0 saturated carbocycles. The van der Waals surface area contributed by atoms with Crippen LogP contribution in [0.3, 0.4) is 0 Å². The maximum Gasteiger partial charge on any atom is 0.0441 e. The average molecular weight is 223 g/mol. The van der Waals surface area contributed by atoms with Crippen molar-refractivity contribution in [2.75, 3.05) is 0 Å². The van der Waals surface area contributed by atoms with Gasteiger partial charge in [-0.3, -0.25) is 0 Å². The maximum absolute atomic E-state index is 6.08. The van der Waals surface area contributed by atoms with Crippen molar-refractivity contribution in [3.8, 4) is 10.4 Å². The van der Waals surface area contributed by atoms with Crippen molar-refractivity contribution in [1.29, 1.82) is 0 Å². The topological polar surface area (TPSA) is 0 Å². The Hall–Kier alpha value is -0.790. The first kappa shape index (κ1) is 9.75. The van der Waals surface area contributed by atoms with Crippen molar-refractivity contribution in [3.05, 3.63) is 45.8 Å². The molecule has 0 saturated heterocycles. The van der Waals surface area contributed by atoms with Crippen LogP contribution in [0.4, 0.5) is 0 Å². The zero-order valence-corrected chi connectivity index (χ0v) is 9.75. The molecule has 0 radical (unpaired) electrons. The van der Waals surface area contributed by atoms with Crippen molar-refractivity contribution in [3.63, 3.8) is 0 Å². The monoisotopic (exact) mass is 222 g/mol. The van der Waals surface area contributed by atoms with E-state index in [0.29, 0.717) is 0 Å². The third-order valence-electron chi connectivity index (χ3n) is 2.19. The van der Waals surface area contributed by atoms with Crippen molar-refractivity contribution < 1.29 is 0 Å². The summed E-state index contributed by atoms with van der Waals surface area (Å²) in [5, 5.41) is 3.00. The van der Waals surface area contributed by atoms with Crippen LogP contribution < -0.4 is 0 Å². The summed E-state index contributed by atoms with van der Waals surface area (Å²) in [5.41, 5.74) is 3.64. The van der Waals surface area contributed by atoms with E-state index in [0.717, 1.165) is 10.6 Å². The highest BCUT2D eigenvalue weighted by Gasteiger charge is 2.02. The summed E-state index contributed by atoms with van der Waals surface area (Å²) in [6.07, 6.45) is 0. The van der Waals surface area contributed by atoms with Gasteiger partial charge in [-0.1, -0.05) is 23.7 Å². The fraction of sp³-hybridized carbons (Fsp3) is 0.167. The van der Waals surface area contributed by atoms with Gasteiger partial charge in [0.05, 0.1) is 0 Å². The Balaban J connectivity index is 2.47. The molecule has 2 heteroatoms. The minimum absolute atomic E-state index is 0.841. The lowest BCUT2D eigenvalue weighted by Crippen LogP contribution is -1.76. The second kappa shape index (κ2) is 3.76. The van der Waals surface area contributed by atoms with Crippen molar-refractivity contribution in [2.24, 2.45) is 0 Å². The smallest absolute Gasteiger partial charge is 0.0441 e. The number of thiophene rings is 1. The van der Waals surface area contributed by atoms with E-state index in [4.69, 9.17) is 11.6 Å². The van der Waals surface area contributed by atoms with Crippen molar-refractivity contribution in [2.45, 2.75) is 13.8 Å². The summed E-state index contributed by atoms with van der Waals surface area (Å²) < 4.78 is 0. The van der Waals surface area contributed by atoms with E-state index in [-0.39, 0.29) is 0 Å². The fourth-order valence-electron chi connectivity index (χ4n) is 1.33. The summed E-state index contributed by atoms with van der Waals surface area (Å²) in [6, 6.07) is 8.40. The molecule has 0 spiro atoms. The van der Waals surface area contributed by atoms with Gasteiger partial charge in [0, 0.05) is 9.90 Å². The Morgan fingerprint density at radius 2 is 1.93 bits per heavy atom. The predicted octanol–water partition coefficient (Wildman–Crippen LogP) is 4.69. The van der Waals surface area contributed by atoms with E-state index in [1.165, 1.54) is 16.0 Å². The van der Waals surface area contributed by atoms with Gasteiger partial charge in [0.2, 0.25) is 0 Å². The standard InChI is InChI=1S/C12H11ClS/c1-8-5-12(14-7-8)10-4-3-9(2)11(13)6-10/h3-7H,1-2H3. The molecule has 0 aliphatic rings. The van der Waals surface area contributed by atoms with Gasteiger partial charge in [0.15, 0.2) is 0 Å². The van der Waals surface area contributed by atoms with Crippen molar-refractivity contribution in [1.82, 2.24) is 0 Å². The molecule has 0 unspecified atom stereocenters. The van der Waals surface area contributed by atoms with Gasteiger partial charge < -0.3 is 0 Å². The number of halogens is 1. The summed E-state index contributed by atoms with van der Waals surface area (Å²) in [5.74, 6) is 0. The number of benzene rings is 1. The van der Waals surface area contributed by atoms with Gasteiger partial charge in [-0.05, 0) is 48.1 Å². The molecular weight excluding hydrogens is 212 g/mol. The number of hydrogen-bond donors (Lipinski definition) is 0. The Morgan fingerprint density at radius 1 is 1.14 bits per heavy atom. The third-order valence-corrected chi connectivity index (χ3v) is 3.69. The Labute approximate surface area is 93.2 Å². The molecule has 2 rings (SSSR count). The molecule has 14 heavy (non-hydrogen) atoms. The molecule has 2 aromatic rings. The molecule has 72 valence electrons. The Morgan fingerprint density at radius 3 is 2.50 bits per heavy atom. The first-order valence-electron chi connectivity index (χ1n) is 4.48. The Bertz CT molecular complexity index is 457. The van der Waals surface area contributed by atoms with Gasteiger partial charge >= 0.3 is 0 Å². The zero-order chi connectivity index (χ0) is 10.1. The average Bonchev–Trinajstić information content (AvgIpc) is 2.57. The summed E-state index contributed by atoms with van der Waals surface area (Å²) in [4.78, 5) is 1.28. The second-order valence-corrected chi connectivity index (χ2v) is 4.77. The lowest BCUT2D eigenvalue weighted by atomic mass is 10.1. The molecule has 1 aromatic carbocycles. The molecule has 0 N–H and O–H groups in total. The minimum atomic E-state index is 0.841. The fourth-order valence-corrected chi connectivity index (χ4v) is 2.41.